The van der Waals surface area contributed by atoms with Crippen LogP contribution in [0.3, 0.4) is 0 Å². The van der Waals surface area contributed by atoms with Gasteiger partial charge in [0.25, 0.3) is 0 Å². The van der Waals surface area contributed by atoms with E-state index in [0.717, 1.165) is 68.5 Å². The summed E-state index contributed by atoms with van der Waals surface area (Å²) in [6.45, 7) is 35.7. The lowest BCUT2D eigenvalue weighted by atomic mass is 9.59. The van der Waals surface area contributed by atoms with E-state index in [1.807, 2.05) is 6.20 Å². The number of hydrogen-bond donors (Lipinski definition) is 0. The quantitative estimate of drug-likeness (QED) is 0.176. The molecule has 0 saturated heterocycles. The van der Waals surface area contributed by atoms with E-state index in [1.165, 1.54) is 78.1 Å². The van der Waals surface area contributed by atoms with E-state index >= 15 is 0 Å². The molecule has 0 atom stereocenters. The van der Waals surface area contributed by atoms with Gasteiger partial charge in [0.05, 0.1) is 40.2 Å². The van der Waals surface area contributed by atoms with E-state index in [1.54, 1.807) is 0 Å². The fourth-order valence-corrected chi connectivity index (χ4v) is 12.8. The van der Waals surface area contributed by atoms with Gasteiger partial charge in [0, 0.05) is 53.1 Å². The van der Waals surface area contributed by atoms with Gasteiger partial charge in [-0.15, -0.1) is 0 Å². The topological polar surface area (TPSA) is 46.4 Å². The number of ether oxygens (including phenoxy) is 1. The number of para-hydroxylation sites is 2. The average molecular weight is 974 g/mol. The molecule has 0 amide bonds. The van der Waals surface area contributed by atoms with Gasteiger partial charge < -0.3 is 14.5 Å². The molecule has 2 aliphatic heterocycles. The van der Waals surface area contributed by atoms with Crippen molar-refractivity contribution in [1.29, 1.82) is 0 Å². The minimum absolute atomic E-state index is 0.0554. The van der Waals surface area contributed by atoms with Crippen molar-refractivity contribution in [3.8, 4) is 39.6 Å². The lowest BCUT2D eigenvalue weighted by Crippen LogP contribution is -2.40. The zero-order valence-corrected chi connectivity index (χ0v) is 46.5. The van der Waals surface area contributed by atoms with Gasteiger partial charge in [-0.05, 0) is 158 Å². The lowest BCUT2D eigenvalue weighted by Gasteiger charge is -2.46. The van der Waals surface area contributed by atoms with Gasteiger partial charge in [0.1, 0.15) is 17.3 Å². The normalized spacial score (nSPS) is 14.8. The molecular formula is C68H71N5O. The number of nitrogens with zero attached hydrogens (tertiary/aromatic N) is 5. The second-order valence-corrected chi connectivity index (χ2v) is 25.9. The summed E-state index contributed by atoms with van der Waals surface area (Å²) in [4.78, 5) is 14.8. The molecule has 0 fully saturated rings. The molecule has 74 heavy (non-hydrogen) atoms. The fourth-order valence-electron chi connectivity index (χ4n) is 12.8. The summed E-state index contributed by atoms with van der Waals surface area (Å²) < 4.78 is 9.45. The second-order valence-electron chi connectivity index (χ2n) is 25.9. The molecule has 5 heterocycles. The standard InChI is InChI=1S/C68H71N5O/c1-39-28-60(69-37-51(39)42-29-40(2)70-41(3)30-42)73-56-22-18-17-20-47(56)48-26-24-45(35-58(48)73)74-46-25-27-52-59(36-46)72-38-71(16)57-23-19-21-53(63(57)72)68(52)61-49(31-43(64(4,5)6)33-54(61)66(10,11)12)50-32-44(65(7,8)9)34-55(62(50)68)67(13,14)15/h17-37H,38H2,1-16H3. The first-order valence-electron chi connectivity index (χ1n) is 26.6. The molecule has 6 aromatic carbocycles. The number of fused-ring (bicyclic) bond motifs is 12. The smallest absolute Gasteiger partial charge is 0.137 e. The highest BCUT2D eigenvalue weighted by Gasteiger charge is 2.57. The van der Waals surface area contributed by atoms with Crippen LogP contribution in [0, 0.1) is 20.8 Å². The summed E-state index contributed by atoms with van der Waals surface area (Å²) >= 11 is 0. The van der Waals surface area contributed by atoms with Crippen molar-refractivity contribution in [2.24, 2.45) is 0 Å². The molecule has 0 bridgehead atoms. The number of hydrogen-bond acceptors (Lipinski definition) is 5. The molecule has 6 nitrogen and oxygen atoms in total. The Morgan fingerprint density at radius 2 is 1.12 bits per heavy atom. The molecule has 1 spiro atoms. The highest BCUT2D eigenvalue weighted by molar-refractivity contribution is 6.09. The molecule has 6 heteroatoms. The molecular weight excluding hydrogens is 903 g/mol. The Bertz CT molecular complexity index is 3740. The zero-order chi connectivity index (χ0) is 52.3. The number of aromatic nitrogens is 3. The summed E-state index contributed by atoms with van der Waals surface area (Å²) in [7, 11) is 2.24. The van der Waals surface area contributed by atoms with Crippen LogP contribution < -0.4 is 14.5 Å². The van der Waals surface area contributed by atoms with Gasteiger partial charge in [0.15, 0.2) is 0 Å². The molecule has 0 unspecified atom stereocenters. The first-order chi connectivity index (χ1) is 34.8. The summed E-state index contributed by atoms with van der Waals surface area (Å²) in [5.74, 6) is 2.44. The van der Waals surface area contributed by atoms with Gasteiger partial charge >= 0.3 is 0 Å². The van der Waals surface area contributed by atoms with Crippen LogP contribution in [0.5, 0.6) is 11.5 Å². The molecule has 0 saturated carbocycles. The maximum atomic E-state index is 7.16. The van der Waals surface area contributed by atoms with Gasteiger partial charge in [-0.2, -0.15) is 0 Å². The fraction of sp³-hybridized carbons (Fsp3) is 0.324. The summed E-state index contributed by atoms with van der Waals surface area (Å²) in [6, 6.07) is 46.0. The Hall–Kier alpha value is -7.18. The highest BCUT2D eigenvalue weighted by atomic mass is 16.5. The van der Waals surface area contributed by atoms with Crippen LogP contribution in [-0.2, 0) is 27.1 Å². The van der Waals surface area contributed by atoms with Crippen molar-refractivity contribution in [3.63, 3.8) is 0 Å². The average Bonchev–Trinajstić information content (AvgIpc) is 3.95. The van der Waals surface area contributed by atoms with Crippen molar-refractivity contribution in [1.82, 2.24) is 14.5 Å². The van der Waals surface area contributed by atoms with Crippen molar-refractivity contribution < 1.29 is 4.74 Å². The first-order valence-corrected chi connectivity index (χ1v) is 26.6. The van der Waals surface area contributed by atoms with Crippen LogP contribution in [0.15, 0.2) is 128 Å². The van der Waals surface area contributed by atoms with E-state index in [4.69, 9.17) is 9.72 Å². The summed E-state index contributed by atoms with van der Waals surface area (Å²) in [6.07, 6.45) is 2.02. The van der Waals surface area contributed by atoms with Crippen LogP contribution in [0.1, 0.15) is 145 Å². The minimum Gasteiger partial charge on any atom is -0.457 e. The summed E-state index contributed by atoms with van der Waals surface area (Å²) in [5, 5.41) is 2.33. The highest BCUT2D eigenvalue weighted by Crippen LogP contribution is 2.68. The number of pyridine rings is 2. The van der Waals surface area contributed by atoms with Crippen LogP contribution in [0.4, 0.5) is 17.1 Å². The Morgan fingerprint density at radius 1 is 0.527 bits per heavy atom. The van der Waals surface area contributed by atoms with Crippen molar-refractivity contribution in [2.75, 3.05) is 23.5 Å². The number of rotatable bonds is 4. The third kappa shape index (κ3) is 7.10. The molecule has 0 radical (unpaired) electrons. The van der Waals surface area contributed by atoms with Crippen molar-refractivity contribution >= 4 is 38.9 Å². The molecule has 1 aliphatic carbocycles. The van der Waals surface area contributed by atoms with E-state index in [9.17, 15) is 0 Å². The van der Waals surface area contributed by atoms with Crippen molar-refractivity contribution in [3.05, 3.63) is 189 Å². The monoisotopic (exact) mass is 974 g/mol. The van der Waals surface area contributed by atoms with E-state index in [2.05, 4.69) is 252 Å². The van der Waals surface area contributed by atoms with E-state index in [0.29, 0.717) is 0 Å². The Balaban J connectivity index is 1.09. The van der Waals surface area contributed by atoms with Crippen LogP contribution >= 0.6 is 0 Å². The SMILES string of the molecule is Cc1cc(-c2cnc(-n3c4ccccc4c4ccc(Oc5ccc6c(c5)N5CN(C)c7cccc(c75)C65c6c(cc(C(C)(C)C)cc6C(C)(C)C)-c6cc(C(C)(C)C)cc(C(C)(C)C)c65)cc43)cc2C)cc(C)n1. The van der Waals surface area contributed by atoms with Crippen molar-refractivity contribution in [2.45, 2.75) is 131 Å². The lowest BCUT2D eigenvalue weighted by molar-refractivity contribution is 0.482. The largest absolute Gasteiger partial charge is 0.457 e. The van der Waals surface area contributed by atoms with E-state index in [-0.39, 0.29) is 21.7 Å². The van der Waals surface area contributed by atoms with Gasteiger partial charge in [-0.1, -0.05) is 144 Å². The van der Waals surface area contributed by atoms with Crippen LogP contribution in [-0.4, -0.2) is 28.3 Å². The predicted octanol–water partition coefficient (Wildman–Crippen LogP) is 17.4. The number of benzene rings is 6. The minimum atomic E-state index is -0.626. The van der Waals surface area contributed by atoms with Gasteiger partial charge in [-0.3, -0.25) is 9.55 Å². The molecule has 3 aromatic heterocycles. The Labute approximate surface area is 439 Å². The van der Waals surface area contributed by atoms with Crippen LogP contribution in [0.25, 0.3) is 49.9 Å². The third-order valence-electron chi connectivity index (χ3n) is 16.4. The summed E-state index contributed by atoms with van der Waals surface area (Å²) in [5.41, 5.74) is 24.0. The molecule has 3 aliphatic rings. The third-order valence-corrected chi connectivity index (χ3v) is 16.4. The van der Waals surface area contributed by atoms with Gasteiger partial charge in [0.2, 0.25) is 0 Å². The maximum Gasteiger partial charge on any atom is 0.137 e. The molecule has 0 N–H and O–H groups in total. The van der Waals surface area contributed by atoms with Crippen LogP contribution in [0.2, 0.25) is 0 Å². The maximum absolute atomic E-state index is 7.16. The molecule has 9 aromatic rings. The molecule has 12 rings (SSSR count). The Morgan fingerprint density at radius 3 is 1.73 bits per heavy atom. The first kappa shape index (κ1) is 47.8. The zero-order valence-electron chi connectivity index (χ0n) is 46.5. The number of anilines is 3. The molecule has 374 valence electrons. The van der Waals surface area contributed by atoms with Gasteiger partial charge in [-0.25, -0.2) is 4.98 Å². The second kappa shape index (κ2) is 15.9. The Kier molecular flexibility index (Phi) is 10.3. The number of aryl methyl sites for hydroxylation is 3. The predicted molar refractivity (Wildman–Crippen MR) is 310 cm³/mol. The van der Waals surface area contributed by atoms with E-state index < -0.39 is 5.41 Å².